The highest BCUT2D eigenvalue weighted by Crippen LogP contribution is 2.19. The average Bonchev–Trinajstić information content (AvgIpc) is 2.71. The number of ether oxygens (including phenoxy) is 1. The smallest absolute Gasteiger partial charge is 0.329 e. The number of rotatable bonds is 8. The lowest BCUT2D eigenvalue weighted by Gasteiger charge is -2.18. The van der Waals surface area contributed by atoms with Crippen LogP contribution in [0.25, 0.3) is 0 Å². The van der Waals surface area contributed by atoms with Crippen molar-refractivity contribution in [1.82, 2.24) is 5.32 Å². The first-order valence-corrected chi connectivity index (χ1v) is 9.38. The summed E-state index contributed by atoms with van der Waals surface area (Å²) < 4.78 is 4.93. The molecule has 2 aromatic rings. The Morgan fingerprint density at radius 2 is 1.70 bits per heavy atom. The summed E-state index contributed by atoms with van der Waals surface area (Å²) in [5.74, 6) is -1.34. The molecule has 2 atom stereocenters. The zero-order valence-electron chi connectivity index (χ0n) is 15.3. The summed E-state index contributed by atoms with van der Waals surface area (Å²) in [4.78, 5) is 37.0. The molecule has 0 spiro atoms. The fourth-order valence-corrected chi connectivity index (χ4v) is 2.82. The van der Waals surface area contributed by atoms with Crippen LogP contribution in [-0.4, -0.2) is 36.1 Å². The number of esters is 1. The van der Waals surface area contributed by atoms with Gasteiger partial charge in [0.15, 0.2) is 5.78 Å². The molecular weight excluding hydrogens is 362 g/mol. The summed E-state index contributed by atoms with van der Waals surface area (Å²) in [5, 5.41) is 2.66. The number of benzene rings is 2. The van der Waals surface area contributed by atoms with Gasteiger partial charge in [-0.2, -0.15) is 12.6 Å². The van der Waals surface area contributed by atoms with E-state index >= 15 is 0 Å². The SMILES string of the molecule is CCOC(=O)[C@H](CS)NC(=O)C(C)c1cccc(C(=O)c2ccccc2)c1. The molecule has 1 unspecified atom stereocenters. The number of ketones is 1. The van der Waals surface area contributed by atoms with Crippen LogP contribution < -0.4 is 5.32 Å². The van der Waals surface area contributed by atoms with Crippen molar-refractivity contribution < 1.29 is 19.1 Å². The van der Waals surface area contributed by atoms with E-state index in [0.29, 0.717) is 16.7 Å². The quantitative estimate of drug-likeness (QED) is 0.416. The summed E-state index contributed by atoms with van der Waals surface area (Å²) in [6, 6.07) is 15.1. The van der Waals surface area contributed by atoms with Gasteiger partial charge in [0.1, 0.15) is 6.04 Å². The van der Waals surface area contributed by atoms with Gasteiger partial charge in [-0.15, -0.1) is 0 Å². The predicted molar refractivity (Wildman–Crippen MR) is 107 cm³/mol. The van der Waals surface area contributed by atoms with Gasteiger partial charge in [-0.1, -0.05) is 48.5 Å². The van der Waals surface area contributed by atoms with Crippen molar-refractivity contribution in [2.24, 2.45) is 0 Å². The molecule has 6 heteroatoms. The summed E-state index contributed by atoms with van der Waals surface area (Å²) >= 11 is 4.10. The first kappa shape index (κ1) is 20.7. The standard InChI is InChI=1S/C21H23NO4S/c1-3-26-21(25)18(13-27)22-20(24)14(2)16-10-7-11-17(12-16)19(23)15-8-5-4-6-9-15/h4-12,14,18,27H,3,13H2,1-2H3,(H,22,24)/t14?,18-/m0/s1. The topological polar surface area (TPSA) is 72.5 Å². The molecular formula is C21H23NO4S. The molecule has 0 aliphatic heterocycles. The second kappa shape index (κ2) is 9.92. The number of carbonyl (C=O) groups is 3. The fraction of sp³-hybridized carbons (Fsp3) is 0.286. The van der Waals surface area contributed by atoms with Crippen molar-refractivity contribution in [3.8, 4) is 0 Å². The lowest BCUT2D eigenvalue weighted by Crippen LogP contribution is -2.44. The maximum atomic E-state index is 12.6. The van der Waals surface area contributed by atoms with Crippen LogP contribution in [0.2, 0.25) is 0 Å². The van der Waals surface area contributed by atoms with Crippen LogP contribution in [0.15, 0.2) is 54.6 Å². The maximum absolute atomic E-state index is 12.6. The van der Waals surface area contributed by atoms with Crippen LogP contribution in [0.4, 0.5) is 0 Å². The average molecular weight is 385 g/mol. The highest BCUT2D eigenvalue weighted by Gasteiger charge is 2.24. The fourth-order valence-electron chi connectivity index (χ4n) is 2.58. The van der Waals surface area contributed by atoms with Gasteiger partial charge < -0.3 is 10.1 Å². The van der Waals surface area contributed by atoms with Gasteiger partial charge in [0.25, 0.3) is 0 Å². The molecule has 0 aliphatic carbocycles. The maximum Gasteiger partial charge on any atom is 0.329 e. The Kier molecular flexibility index (Phi) is 7.61. The Morgan fingerprint density at radius 1 is 1.04 bits per heavy atom. The number of hydrogen-bond donors (Lipinski definition) is 2. The molecule has 0 heterocycles. The zero-order chi connectivity index (χ0) is 19.8. The highest BCUT2D eigenvalue weighted by atomic mass is 32.1. The number of thiol groups is 1. The highest BCUT2D eigenvalue weighted by molar-refractivity contribution is 7.80. The van der Waals surface area contributed by atoms with Gasteiger partial charge in [0.05, 0.1) is 12.5 Å². The van der Waals surface area contributed by atoms with Crippen molar-refractivity contribution in [1.29, 1.82) is 0 Å². The van der Waals surface area contributed by atoms with Gasteiger partial charge in [0, 0.05) is 16.9 Å². The summed E-state index contributed by atoms with van der Waals surface area (Å²) in [7, 11) is 0. The van der Waals surface area contributed by atoms with E-state index in [-0.39, 0.29) is 24.1 Å². The molecule has 142 valence electrons. The largest absolute Gasteiger partial charge is 0.464 e. The first-order valence-electron chi connectivity index (χ1n) is 8.75. The van der Waals surface area contributed by atoms with Crippen LogP contribution >= 0.6 is 12.6 Å². The number of amides is 1. The summed E-state index contributed by atoms with van der Waals surface area (Å²) in [6.45, 7) is 3.66. The molecule has 5 nitrogen and oxygen atoms in total. The molecule has 0 radical (unpaired) electrons. The number of nitrogens with one attached hydrogen (secondary N) is 1. The molecule has 27 heavy (non-hydrogen) atoms. The number of carbonyl (C=O) groups excluding carboxylic acids is 3. The molecule has 0 fully saturated rings. The molecule has 0 bridgehead atoms. The third-order valence-electron chi connectivity index (χ3n) is 4.15. The Balaban J connectivity index is 2.14. The normalized spacial score (nSPS) is 12.7. The minimum atomic E-state index is -0.808. The van der Waals surface area contributed by atoms with E-state index < -0.39 is 17.9 Å². The molecule has 1 N–H and O–H groups in total. The van der Waals surface area contributed by atoms with Gasteiger partial charge in [0.2, 0.25) is 5.91 Å². The van der Waals surface area contributed by atoms with Crippen LogP contribution in [0.3, 0.4) is 0 Å². The minimum absolute atomic E-state index is 0.107. The lowest BCUT2D eigenvalue weighted by atomic mass is 9.95. The number of hydrogen-bond acceptors (Lipinski definition) is 5. The van der Waals surface area contributed by atoms with Crippen LogP contribution in [0.5, 0.6) is 0 Å². The minimum Gasteiger partial charge on any atom is -0.464 e. The monoisotopic (exact) mass is 385 g/mol. The van der Waals surface area contributed by atoms with Crippen LogP contribution in [0, 0.1) is 0 Å². The van der Waals surface area contributed by atoms with Gasteiger partial charge >= 0.3 is 5.97 Å². The molecule has 1 amide bonds. The van der Waals surface area contributed by atoms with Crippen molar-refractivity contribution in [3.63, 3.8) is 0 Å². The van der Waals surface area contributed by atoms with Gasteiger partial charge in [-0.3, -0.25) is 9.59 Å². The van der Waals surface area contributed by atoms with E-state index in [1.807, 2.05) is 6.07 Å². The Labute approximate surface area is 164 Å². The molecule has 2 aromatic carbocycles. The lowest BCUT2D eigenvalue weighted by molar-refractivity contribution is -0.146. The second-order valence-corrected chi connectivity index (χ2v) is 6.40. The van der Waals surface area contributed by atoms with Gasteiger partial charge in [-0.05, 0) is 25.5 Å². The summed E-state index contributed by atoms with van der Waals surface area (Å²) in [6.07, 6.45) is 0. The van der Waals surface area contributed by atoms with E-state index in [1.165, 1.54) is 0 Å². The van der Waals surface area contributed by atoms with Crippen molar-refractivity contribution in [2.75, 3.05) is 12.4 Å². The van der Waals surface area contributed by atoms with Crippen molar-refractivity contribution >= 4 is 30.3 Å². The van der Waals surface area contributed by atoms with Crippen molar-refractivity contribution in [3.05, 3.63) is 71.3 Å². The molecule has 2 rings (SSSR count). The Morgan fingerprint density at radius 3 is 2.33 bits per heavy atom. The molecule has 0 aromatic heterocycles. The Hall–Kier alpha value is -2.60. The van der Waals surface area contributed by atoms with Crippen LogP contribution in [0.1, 0.15) is 41.3 Å². The van der Waals surface area contributed by atoms with E-state index in [2.05, 4.69) is 17.9 Å². The molecule has 0 saturated carbocycles. The zero-order valence-corrected chi connectivity index (χ0v) is 16.2. The molecule has 0 saturated heterocycles. The third-order valence-corrected chi connectivity index (χ3v) is 4.51. The van der Waals surface area contributed by atoms with Crippen molar-refractivity contribution in [2.45, 2.75) is 25.8 Å². The third kappa shape index (κ3) is 5.44. The van der Waals surface area contributed by atoms with Crippen LogP contribution in [-0.2, 0) is 14.3 Å². The van der Waals surface area contributed by atoms with E-state index in [1.54, 1.807) is 62.4 Å². The second-order valence-electron chi connectivity index (χ2n) is 6.04. The van der Waals surface area contributed by atoms with E-state index in [9.17, 15) is 14.4 Å². The van der Waals surface area contributed by atoms with E-state index in [0.717, 1.165) is 0 Å². The summed E-state index contributed by atoms with van der Waals surface area (Å²) in [5.41, 5.74) is 1.79. The van der Waals surface area contributed by atoms with E-state index in [4.69, 9.17) is 4.74 Å². The predicted octanol–water partition coefficient (Wildman–Crippen LogP) is 3.00. The molecule has 0 aliphatic rings. The Bertz CT molecular complexity index is 807. The first-order chi connectivity index (χ1) is 13.0. The van der Waals surface area contributed by atoms with Gasteiger partial charge in [-0.25, -0.2) is 4.79 Å².